The van der Waals surface area contributed by atoms with Crippen LogP contribution in [0.25, 0.3) is 0 Å². The monoisotopic (exact) mass is 551 g/mol. The third kappa shape index (κ3) is 8.78. The average Bonchev–Trinajstić information content (AvgIpc) is 2.81. The number of rotatable bonds is 11. The summed E-state index contributed by atoms with van der Waals surface area (Å²) in [6.07, 6.45) is 0.813. The van der Waals surface area contributed by atoms with Crippen molar-refractivity contribution in [3.05, 3.63) is 71.3 Å². The summed E-state index contributed by atoms with van der Waals surface area (Å²) in [6, 6.07) is 18.6. The van der Waals surface area contributed by atoms with E-state index >= 15 is 0 Å². The van der Waals surface area contributed by atoms with Gasteiger partial charge in [0, 0.05) is 25.7 Å². The van der Waals surface area contributed by atoms with Crippen molar-refractivity contribution in [1.82, 2.24) is 20.9 Å². The predicted molar refractivity (Wildman–Crippen MR) is 145 cm³/mol. The molecule has 7 heteroatoms. The molecule has 0 saturated heterocycles. The molecule has 3 N–H and O–H groups in total. The fourth-order valence-corrected chi connectivity index (χ4v) is 3.63. The number of benzene rings is 2. The van der Waals surface area contributed by atoms with E-state index in [0.29, 0.717) is 12.1 Å². The number of hydrogen-bond acceptors (Lipinski definition) is 3. The van der Waals surface area contributed by atoms with Crippen molar-refractivity contribution in [2.45, 2.75) is 33.2 Å². The fraction of sp³-hybridized carbons (Fsp3) is 0.440. The number of likely N-dealkylation sites (N-methyl/N-ethyl adjacent to an activating group) is 1. The summed E-state index contributed by atoms with van der Waals surface area (Å²) in [5.74, 6) is 0.756. The van der Waals surface area contributed by atoms with E-state index in [1.165, 1.54) is 5.56 Å². The summed E-state index contributed by atoms with van der Waals surface area (Å²) in [5.41, 5.74) is 3.09. The van der Waals surface area contributed by atoms with Crippen molar-refractivity contribution in [2.24, 2.45) is 4.99 Å². The first-order chi connectivity index (χ1) is 15.1. The Bertz CT molecular complexity index is 824. The van der Waals surface area contributed by atoms with Crippen LogP contribution in [-0.4, -0.2) is 56.5 Å². The second kappa shape index (κ2) is 15.6. The van der Waals surface area contributed by atoms with E-state index in [0.717, 1.165) is 44.1 Å². The van der Waals surface area contributed by atoms with Crippen LogP contribution in [0, 0.1) is 0 Å². The Morgan fingerprint density at radius 1 is 1.00 bits per heavy atom. The van der Waals surface area contributed by atoms with Crippen LogP contribution in [0.1, 0.15) is 48.3 Å². The highest BCUT2D eigenvalue weighted by Gasteiger charge is 2.17. The van der Waals surface area contributed by atoms with Gasteiger partial charge < -0.3 is 16.0 Å². The molecule has 1 atom stereocenters. The van der Waals surface area contributed by atoms with E-state index in [4.69, 9.17) is 4.99 Å². The van der Waals surface area contributed by atoms with Crippen molar-refractivity contribution < 1.29 is 4.79 Å². The maximum atomic E-state index is 11.8. The molecular weight excluding hydrogens is 513 g/mol. The molecule has 0 aliphatic heterocycles. The predicted octanol–water partition coefficient (Wildman–Crippen LogP) is 3.84. The lowest BCUT2D eigenvalue weighted by molar-refractivity contribution is 0.0963. The topological polar surface area (TPSA) is 68.8 Å². The lowest BCUT2D eigenvalue weighted by Gasteiger charge is -2.29. The van der Waals surface area contributed by atoms with Crippen LogP contribution in [-0.2, 0) is 6.42 Å². The Hall–Kier alpha value is -2.13. The van der Waals surface area contributed by atoms with Gasteiger partial charge in [0.2, 0.25) is 0 Å². The number of carbonyl (C=O) groups excluding carboxylic acids is 1. The van der Waals surface area contributed by atoms with Gasteiger partial charge in [-0.1, -0.05) is 56.3 Å². The molecule has 0 radical (unpaired) electrons. The molecule has 0 spiro atoms. The molecule has 6 nitrogen and oxygen atoms in total. The maximum Gasteiger partial charge on any atom is 0.251 e. The van der Waals surface area contributed by atoms with Crippen molar-refractivity contribution in [3.8, 4) is 0 Å². The Kier molecular flexibility index (Phi) is 13.6. The van der Waals surface area contributed by atoms with Gasteiger partial charge >= 0.3 is 0 Å². The van der Waals surface area contributed by atoms with Gasteiger partial charge in [0.15, 0.2) is 5.96 Å². The molecule has 0 fully saturated rings. The summed E-state index contributed by atoms with van der Waals surface area (Å²) in [5, 5.41) is 9.45. The highest BCUT2D eigenvalue weighted by atomic mass is 127. The summed E-state index contributed by atoms with van der Waals surface area (Å²) >= 11 is 0. The lowest BCUT2D eigenvalue weighted by atomic mass is 10.1. The van der Waals surface area contributed by atoms with Crippen LogP contribution < -0.4 is 16.0 Å². The molecule has 0 aliphatic carbocycles. The molecule has 0 aliphatic rings. The quantitative estimate of drug-likeness (QED) is 0.226. The largest absolute Gasteiger partial charge is 0.357 e. The van der Waals surface area contributed by atoms with E-state index < -0.39 is 0 Å². The van der Waals surface area contributed by atoms with Gasteiger partial charge in [-0.3, -0.25) is 14.7 Å². The zero-order valence-corrected chi connectivity index (χ0v) is 22.1. The Morgan fingerprint density at radius 2 is 1.72 bits per heavy atom. The van der Waals surface area contributed by atoms with Gasteiger partial charge in [-0.15, -0.1) is 24.0 Å². The second-order valence-corrected chi connectivity index (χ2v) is 7.32. The smallest absolute Gasteiger partial charge is 0.251 e. The third-order valence-corrected chi connectivity index (χ3v) is 5.33. The lowest BCUT2D eigenvalue weighted by Crippen LogP contribution is -2.39. The van der Waals surface area contributed by atoms with Crippen molar-refractivity contribution in [3.63, 3.8) is 0 Å². The third-order valence-electron chi connectivity index (χ3n) is 5.33. The standard InChI is InChI=1S/C25H37N5O.HI/c1-5-27-25(28-17-16-20-12-11-15-22(18-20)24(31)26-4)29-19-23(30(6-2)7-3)21-13-9-8-10-14-21;/h8-15,18,23H,5-7,16-17,19H2,1-4H3,(H,26,31)(H2,27,28,29);1H. The van der Waals surface area contributed by atoms with Crippen LogP contribution in [0.2, 0.25) is 0 Å². The molecule has 32 heavy (non-hydrogen) atoms. The van der Waals surface area contributed by atoms with E-state index in [-0.39, 0.29) is 35.9 Å². The number of hydrogen-bond donors (Lipinski definition) is 3. The van der Waals surface area contributed by atoms with E-state index in [2.05, 4.69) is 72.0 Å². The van der Waals surface area contributed by atoms with E-state index in [1.54, 1.807) is 7.05 Å². The molecule has 0 heterocycles. The molecule has 2 aromatic rings. The van der Waals surface area contributed by atoms with Crippen LogP contribution in [0.3, 0.4) is 0 Å². The highest BCUT2D eigenvalue weighted by Crippen LogP contribution is 2.20. The summed E-state index contributed by atoms with van der Waals surface area (Å²) in [4.78, 5) is 19.2. The number of aliphatic imine (C=N–C) groups is 1. The molecule has 0 saturated carbocycles. The van der Waals surface area contributed by atoms with Gasteiger partial charge in [0.05, 0.1) is 12.6 Å². The number of nitrogens with zero attached hydrogens (tertiary/aromatic N) is 2. The first kappa shape index (κ1) is 27.9. The Labute approximate surface area is 210 Å². The van der Waals surface area contributed by atoms with E-state index in [1.807, 2.05) is 24.3 Å². The minimum atomic E-state index is -0.0620. The minimum Gasteiger partial charge on any atom is -0.357 e. The number of nitrogens with one attached hydrogen (secondary N) is 3. The van der Waals surface area contributed by atoms with Crippen LogP contribution in [0.5, 0.6) is 0 Å². The fourth-order valence-electron chi connectivity index (χ4n) is 3.63. The zero-order chi connectivity index (χ0) is 22.5. The molecular formula is C25H38IN5O. The average molecular weight is 552 g/mol. The summed E-state index contributed by atoms with van der Waals surface area (Å²) in [7, 11) is 1.65. The van der Waals surface area contributed by atoms with Crippen molar-refractivity contribution in [2.75, 3.05) is 39.8 Å². The number of carbonyl (C=O) groups is 1. The van der Waals surface area contributed by atoms with Gasteiger partial charge in [-0.25, -0.2) is 0 Å². The van der Waals surface area contributed by atoms with Crippen molar-refractivity contribution >= 4 is 35.8 Å². The van der Waals surface area contributed by atoms with Gasteiger partial charge in [-0.05, 0) is 49.7 Å². The van der Waals surface area contributed by atoms with Gasteiger partial charge in [-0.2, -0.15) is 0 Å². The van der Waals surface area contributed by atoms with Crippen LogP contribution in [0.4, 0.5) is 0 Å². The first-order valence-electron chi connectivity index (χ1n) is 11.2. The molecule has 1 unspecified atom stereocenters. The molecule has 2 rings (SSSR count). The first-order valence-corrected chi connectivity index (χ1v) is 11.2. The summed E-state index contributed by atoms with van der Waals surface area (Å²) < 4.78 is 0. The Balaban J connectivity index is 0.00000512. The zero-order valence-electron chi connectivity index (χ0n) is 19.7. The number of guanidine groups is 1. The number of halogens is 1. The molecule has 0 bridgehead atoms. The van der Waals surface area contributed by atoms with Crippen molar-refractivity contribution in [1.29, 1.82) is 0 Å². The maximum absolute atomic E-state index is 11.8. The SMILES string of the molecule is CCNC(=NCC(c1ccccc1)N(CC)CC)NCCc1cccc(C(=O)NC)c1.I. The molecule has 2 aromatic carbocycles. The summed E-state index contributed by atoms with van der Waals surface area (Å²) in [6.45, 7) is 10.7. The molecule has 176 valence electrons. The van der Waals surface area contributed by atoms with Crippen LogP contribution >= 0.6 is 24.0 Å². The molecule has 1 amide bonds. The van der Waals surface area contributed by atoms with Gasteiger partial charge in [0.25, 0.3) is 5.91 Å². The second-order valence-electron chi connectivity index (χ2n) is 7.32. The van der Waals surface area contributed by atoms with Crippen LogP contribution in [0.15, 0.2) is 59.6 Å². The minimum absolute atomic E-state index is 0. The molecule has 0 aromatic heterocycles. The van der Waals surface area contributed by atoms with E-state index in [9.17, 15) is 4.79 Å². The number of amides is 1. The normalized spacial score (nSPS) is 12.1. The Morgan fingerprint density at radius 3 is 2.34 bits per heavy atom. The van der Waals surface area contributed by atoms with Gasteiger partial charge in [0.1, 0.15) is 0 Å². The highest BCUT2D eigenvalue weighted by molar-refractivity contribution is 14.0.